The van der Waals surface area contributed by atoms with E-state index in [0.29, 0.717) is 44.9 Å². The quantitative estimate of drug-likeness (QED) is 0.149. The third kappa shape index (κ3) is 9.67. The van der Waals surface area contributed by atoms with Gasteiger partial charge in [-0.1, -0.05) is 196 Å². The van der Waals surface area contributed by atoms with Crippen molar-refractivity contribution in [2.24, 2.45) is 0 Å². The zero-order valence-electron chi connectivity index (χ0n) is 53.7. The predicted molar refractivity (Wildman–Crippen MR) is 309 cm³/mol. The van der Waals surface area contributed by atoms with E-state index in [2.05, 4.69) is 99.0 Å². The summed E-state index contributed by atoms with van der Waals surface area (Å²) in [6.45, 7) is 5.56. The van der Waals surface area contributed by atoms with Crippen molar-refractivity contribution in [1.82, 2.24) is 14.5 Å². The first-order chi connectivity index (χ1) is 39.3. The third-order valence-electron chi connectivity index (χ3n) is 13.9. The molecule has 0 saturated carbocycles. The smallest absolute Gasteiger partial charge is 0.149 e. The summed E-state index contributed by atoms with van der Waals surface area (Å²) in [6, 6.07) is 58.5. The number of fused-ring (bicyclic) bond motifs is 1. The zero-order chi connectivity index (χ0) is 60.7. The molecule has 0 fully saturated rings. The summed E-state index contributed by atoms with van der Waals surface area (Å²) < 4.78 is 95.2. The summed E-state index contributed by atoms with van der Waals surface area (Å²) in [7, 11) is 0. The number of phenolic OH excluding ortho intramolecular Hbond substituents is 1. The van der Waals surface area contributed by atoms with E-state index < -0.39 is 37.8 Å². The van der Waals surface area contributed by atoms with Gasteiger partial charge in [-0.3, -0.25) is 9.55 Å². The van der Waals surface area contributed by atoms with Gasteiger partial charge in [0.1, 0.15) is 11.6 Å². The summed E-state index contributed by atoms with van der Waals surface area (Å²) in [5, 5.41) is 12.7. The Labute approximate surface area is 448 Å². The Balaban J connectivity index is 1.24. The Kier molecular flexibility index (Phi) is 9.79. The van der Waals surface area contributed by atoms with Gasteiger partial charge in [-0.15, -0.1) is 0 Å². The number of hydrogen-bond donors (Lipinski definition) is 1. The van der Waals surface area contributed by atoms with Crippen LogP contribution >= 0.6 is 0 Å². The van der Waals surface area contributed by atoms with Crippen LogP contribution in [0.2, 0.25) is 0 Å². The summed E-state index contributed by atoms with van der Waals surface area (Å²) >= 11 is 0. The SMILES string of the molecule is [2H]C(C)(C)c1cc(-c2nc3c(-c4cc(-c5ccccc5)cc(-c5cc(-c6ccc(C(C([2H])([2H])[2H])(C([2H])([2H])[2H])C([2H])([2H])[2H])cc6)ccn5)c4)cccc3n2-c2cc(-c3ccccc3)c(C)cc2-c2ccc(C(C)(C)C)cc2)c(O)c(C([2H])(C)C)c1. The normalized spacial score (nSPS) is 15.1. The number of phenols is 1. The van der Waals surface area contributed by atoms with Crippen molar-refractivity contribution in [3.63, 3.8) is 0 Å². The fourth-order valence-corrected chi connectivity index (χ4v) is 9.83. The number of para-hydroxylation sites is 1. The monoisotopic (exact) mass is 965 g/mol. The number of benzene rings is 8. The molecule has 1 N–H and O–H groups in total. The van der Waals surface area contributed by atoms with E-state index >= 15 is 0 Å². The number of aryl methyl sites for hydroxylation is 1. The second kappa shape index (κ2) is 19.3. The number of pyridine rings is 1. The highest BCUT2D eigenvalue weighted by molar-refractivity contribution is 5.99. The van der Waals surface area contributed by atoms with Crippen molar-refractivity contribution in [3.8, 4) is 89.7 Å². The van der Waals surface area contributed by atoms with Gasteiger partial charge in [0.15, 0.2) is 0 Å². The maximum absolute atomic E-state index is 12.7. The first-order valence-corrected chi connectivity index (χ1v) is 24.8. The van der Waals surface area contributed by atoms with Crippen molar-refractivity contribution in [3.05, 3.63) is 216 Å². The van der Waals surface area contributed by atoms with Crippen molar-refractivity contribution < 1.29 is 20.2 Å². The Morgan fingerprint density at radius 2 is 1.11 bits per heavy atom. The second-order valence-corrected chi connectivity index (χ2v) is 20.7. The first-order valence-electron chi connectivity index (χ1n) is 30.3. The molecule has 0 aliphatic carbocycles. The van der Waals surface area contributed by atoms with Crippen LogP contribution < -0.4 is 0 Å². The molecule has 0 bridgehead atoms. The van der Waals surface area contributed by atoms with E-state index in [1.165, 1.54) is 17.7 Å². The lowest BCUT2D eigenvalue weighted by Crippen LogP contribution is -2.10. The van der Waals surface area contributed by atoms with Gasteiger partial charge in [-0.05, 0) is 156 Å². The van der Waals surface area contributed by atoms with E-state index in [0.717, 1.165) is 66.8 Å². The fourth-order valence-electron chi connectivity index (χ4n) is 9.83. The van der Waals surface area contributed by atoms with Gasteiger partial charge < -0.3 is 5.11 Å². The van der Waals surface area contributed by atoms with Crippen molar-refractivity contribution >= 4 is 11.0 Å². The topological polar surface area (TPSA) is 50.9 Å². The molecule has 4 heteroatoms. The average Bonchev–Trinajstić information content (AvgIpc) is 0.940. The lowest BCUT2D eigenvalue weighted by molar-refractivity contribution is 0.466. The van der Waals surface area contributed by atoms with E-state index in [1.807, 2.05) is 78.9 Å². The van der Waals surface area contributed by atoms with Crippen molar-refractivity contribution in [2.75, 3.05) is 0 Å². The molecule has 10 aromatic rings. The Morgan fingerprint density at radius 1 is 0.507 bits per heavy atom. The van der Waals surface area contributed by atoms with E-state index in [-0.39, 0.29) is 16.7 Å². The molecule has 4 nitrogen and oxygen atoms in total. The molecule has 2 aromatic heterocycles. The fraction of sp³-hybridized carbons (Fsp3) is 0.217. The molecule has 0 aliphatic heterocycles. The number of hydrogen-bond acceptors (Lipinski definition) is 3. The highest BCUT2D eigenvalue weighted by atomic mass is 16.3. The van der Waals surface area contributed by atoms with Gasteiger partial charge in [0.05, 0.1) is 28.0 Å². The van der Waals surface area contributed by atoms with Gasteiger partial charge in [0.25, 0.3) is 0 Å². The van der Waals surface area contributed by atoms with Crippen LogP contribution in [0.4, 0.5) is 0 Å². The van der Waals surface area contributed by atoms with Crippen LogP contribution in [-0.2, 0) is 10.8 Å². The molecule has 73 heavy (non-hydrogen) atoms. The Morgan fingerprint density at radius 3 is 1.75 bits per heavy atom. The lowest BCUT2D eigenvalue weighted by Gasteiger charge is -2.22. The minimum atomic E-state index is -3.40. The molecule has 0 spiro atoms. The largest absolute Gasteiger partial charge is 0.507 e. The number of imidazole rings is 1. The summed E-state index contributed by atoms with van der Waals surface area (Å²) in [5.41, 5.74) is 12.0. The number of aromatic hydroxyl groups is 1. The molecule has 364 valence electrons. The molecule has 10 rings (SSSR count). The van der Waals surface area contributed by atoms with Gasteiger partial charge in [-0.25, -0.2) is 4.98 Å². The number of aromatic nitrogens is 3. The van der Waals surface area contributed by atoms with E-state index in [1.54, 1.807) is 58.2 Å². The molecular weight excluding hydrogens is 887 g/mol. The molecule has 2 heterocycles. The molecule has 0 saturated heterocycles. The van der Waals surface area contributed by atoms with Crippen LogP contribution in [0.1, 0.15) is 124 Å². The number of nitrogens with zero attached hydrogens (tertiary/aromatic N) is 3. The standard InChI is InChI=1S/C69H67N3O/c1-43(2)51-39-58(44(3)4)66(73)61(40-51)67-71-65-57(53-36-52(46-19-14-12-15-20-46)37-54(38-53)62-41-50(33-34-70-62)47-25-29-55(30-26-47)68(6,7)8)23-18-24-63(65)72(67)64-42-59(48-21-16-13-17-22-48)45(5)35-60(64)49-27-31-56(32-28-49)69(9,10)11/h12-44,73H,1-11H3/i6D3,7D3,8D3,43D,44D. The lowest BCUT2D eigenvalue weighted by atomic mass is 9.85. The second-order valence-electron chi connectivity index (χ2n) is 20.7. The van der Waals surface area contributed by atoms with Gasteiger partial charge in [0, 0.05) is 38.0 Å². The van der Waals surface area contributed by atoms with Gasteiger partial charge >= 0.3 is 0 Å². The third-order valence-corrected chi connectivity index (χ3v) is 13.9. The minimum absolute atomic E-state index is 0.0911. The highest BCUT2D eigenvalue weighted by Crippen LogP contribution is 2.46. The Hall–Kier alpha value is -7.82. The summed E-state index contributed by atoms with van der Waals surface area (Å²) in [5.74, 6) is -2.08. The van der Waals surface area contributed by atoms with Crippen LogP contribution in [0, 0.1) is 6.92 Å². The van der Waals surface area contributed by atoms with Gasteiger partial charge in [-0.2, -0.15) is 0 Å². The molecule has 0 radical (unpaired) electrons. The minimum Gasteiger partial charge on any atom is -0.507 e. The van der Waals surface area contributed by atoms with E-state index in [9.17, 15) is 7.85 Å². The molecule has 0 atom stereocenters. The molecule has 0 amide bonds. The number of rotatable bonds is 10. The Bertz CT molecular complexity index is 4050. The molecule has 0 unspecified atom stereocenters. The zero-order valence-corrected chi connectivity index (χ0v) is 42.7. The van der Waals surface area contributed by atoms with Gasteiger partial charge in [0.2, 0.25) is 0 Å². The molecular formula is C69H67N3O. The first kappa shape index (κ1) is 37.0. The average molecular weight is 965 g/mol. The van der Waals surface area contributed by atoms with Crippen LogP contribution in [0.25, 0.3) is 95.0 Å². The molecule has 8 aromatic carbocycles. The van der Waals surface area contributed by atoms with Crippen molar-refractivity contribution in [1.29, 1.82) is 0 Å². The summed E-state index contributed by atoms with van der Waals surface area (Å²) in [6.07, 6.45) is 1.66. The maximum Gasteiger partial charge on any atom is 0.149 e. The highest BCUT2D eigenvalue weighted by Gasteiger charge is 2.27. The summed E-state index contributed by atoms with van der Waals surface area (Å²) in [4.78, 5) is 10.5. The van der Waals surface area contributed by atoms with Crippen LogP contribution in [-0.4, -0.2) is 19.6 Å². The van der Waals surface area contributed by atoms with Crippen LogP contribution in [0.3, 0.4) is 0 Å². The van der Waals surface area contributed by atoms with E-state index in [4.69, 9.17) is 22.3 Å². The maximum atomic E-state index is 12.7. The van der Waals surface area contributed by atoms with Crippen LogP contribution in [0.5, 0.6) is 5.75 Å². The molecule has 0 aliphatic rings. The van der Waals surface area contributed by atoms with Crippen LogP contribution in [0.15, 0.2) is 188 Å². The predicted octanol–water partition coefficient (Wildman–Crippen LogP) is 18.9. The van der Waals surface area contributed by atoms with Crippen molar-refractivity contribution in [2.45, 2.75) is 98.6 Å².